The SMILES string of the molecule is O=C(CCCCC1SCC2NC(=O)NC21)NCCCCCCNC(=O)CNc1ncnc2c1ncn2C1OC(COP(=O)(O)OP(=O)(O)O)C(O)C1O. The van der Waals surface area contributed by atoms with Crippen LogP contribution in [0.3, 0.4) is 0 Å². The highest BCUT2D eigenvalue weighted by atomic mass is 32.2. The number of amides is 4. The Bertz CT molecular complexity index is 1690. The summed E-state index contributed by atoms with van der Waals surface area (Å²) >= 11 is 1.87. The van der Waals surface area contributed by atoms with Crippen molar-refractivity contribution in [2.45, 2.75) is 93.2 Å². The fraction of sp³-hybridized carbons (Fsp3) is 0.714. The molecule has 0 aromatic carbocycles. The Morgan fingerprint density at radius 2 is 1.72 bits per heavy atom. The quantitative estimate of drug-likeness (QED) is 0.0436. The van der Waals surface area contributed by atoms with Crippen LogP contribution in [0.25, 0.3) is 11.2 Å². The number of rotatable bonds is 21. The fourth-order valence-electron chi connectivity index (χ4n) is 6.24. The molecule has 0 radical (unpaired) electrons. The first kappa shape index (κ1) is 41.2. The number of hydrogen-bond acceptors (Lipinski definition) is 15. The topological polar surface area (TPSA) is 318 Å². The van der Waals surface area contributed by atoms with Crippen LogP contribution in [-0.2, 0) is 32.3 Å². The smallest absolute Gasteiger partial charge is 0.387 e. The number of thioether (sulfide) groups is 1. The van der Waals surface area contributed by atoms with Gasteiger partial charge in [-0.05, 0) is 25.7 Å². The maximum absolute atomic E-state index is 12.5. The molecule has 5 rings (SSSR count). The predicted octanol–water partition coefficient (Wildman–Crippen LogP) is -0.398. The summed E-state index contributed by atoms with van der Waals surface area (Å²) in [5.41, 5.74) is 0.372. The zero-order valence-electron chi connectivity index (χ0n) is 28.5. The van der Waals surface area contributed by atoms with Crippen LogP contribution in [0.15, 0.2) is 12.7 Å². The van der Waals surface area contributed by atoms with Crippen LogP contribution in [0.4, 0.5) is 10.6 Å². The van der Waals surface area contributed by atoms with Crippen LogP contribution in [-0.4, -0.2) is 130 Å². The second-order valence-corrected chi connectivity index (χ2v) is 16.9. The summed E-state index contributed by atoms with van der Waals surface area (Å²) in [6.45, 7) is 0.0688. The highest BCUT2D eigenvalue weighted by Crippen LogP contribution is 2.57. The molecule has 3 fully saturated rings. The maximum Gasteiger partial charge on any atom is 0.481 e. The number of phosphoric acid groups is 2. The van der Waals surface area contributed by atoms with Gasteiger partial charge in [-0.25, -0.2) is 28.9 Å². The van der Waals surface area contributed by atoms with Crippen molar-refractivity contribution in [3.8, 4) is 0 Å². The first-order chi connectivity index (χ1) is 25.2. The number of ether oxygens (including phenoxy) is 1. The first-order valence-electron chi connectivity index (χ1n) is 17.1. The van der Waals surface area contributed by atoms with Crippen molar-refractivity contribution in [1.82, 2.24) is 40.8 Å². The van der Waals surface area contributed by atoms with Gasteiger partial charge < -0.3 is 56.2 Å². The second kappa shape index (κ2) is 18.6. The molecule has 296 valence electrons. The molecule has 5 heterocycles. The number of nitrogens with zero attached hydrogens (tertiary/aromatic N) is 4. The third-order valence-corrected chi connectivity index (χ3v) is 12.5. The molecule has 0 spiro atoms. The summed E-state index contributed by atoms with van der Waals surface area (Å²) in [6.07, 6.45) is 3.07. The number of phosphoric ester groups is 1. The van der Waals surface area contributed by atoms with Crippen molar-refractivity contribution in [2.75, 3.05) is 37.3 Å². The van der Waals surface area contributed by atoms with Gasteiger partial charge in [0.2, 0.25) is 11.8 Å². The molecule has 22 nitrogen and oxygen atoms in total. The van der Waals surface area contributed by atoms with E-state index in [0.717, 1.165) is 50.7 Å². The Kier molecular flexibility index (Phi) is 14.5. The number of carbonyl (C=O) groups excluding carboxylic acids is 3. The lowest BCUT2D eigenvalue weighted by molar-refractivity contribution is -0.121. The molecule has 3 saturated heterocycles. The van der Waals surface area contributed by atoms with Gasteiger partial charge in [0.25, 0.3) is 0 Å². The Morgan fingerprint density at radius 1 is 0.981 bits per heavy atom. The van der Waals surface area contributed by atoms with Gasteiger partial charge in [-0.3, -0.25) is 18.7 Å². The van der Waals surface area contributed by atoms with Gasteiger partial charge in [-0.1, -0.05) is 19.3 Å². The maximum atomic E-state index is 12.5. The van der Waals surface area contributed by atoms with E-state index in [4.69, 9.17) is 14.5 Å². The van der Waals surface area contributed by atoms with E-state index in [9.17, 15) is 38.6 Å². The van der Waals surface area contributed by atoms with Crippen LogP contribution < -0.4 is 26.6 Å². The zero-order valence-corrected chi connectivity index (χ0v) is 31.1. The number of fused-ring (bicyclic) bond motifs is 2. The summed E-state index contributed by atoms with van der Waals surface area (Å²) in [5.74, 6) is 0.888. The van der Waals surface area contributed by atoms with Gasteiger partial charge in [0, 0.05) is 30.5 Å². The molecular formula is C28H45N9O13P2S. The number of imidazole rings is 1. The monoisotopic (exact) mass is 809 g/mol. The normalized spacial score (nSPS) is 26.5. The molecule has 53 heavy (non-hydrogen) atoms. The van der Waals surface area contributed by atoms with E-state index < -0.39 is 46.8 Å². The van der Waals surface area contributed by atoms with Crippen LogP contribution in [0.1, 0.15) is 57.6 Å². The molecule has 8 unspecified atom stereocenters. The Balaban J connectivity index is 0.935. The zero-order chi connectivity index (χ0) is 38.2. The summed E-state index contributed by atoms with van der Waals surface area (Å²) in [4.78, 5) is 75.6. The number of anilines is 1. The average molecular weight is 810 g/mol. The lowest BCUT2D eigenvalue weighted by atomic mass is 10.0. The molecule has 3 aliphatic rings. The molecule has 2 aromatic rings. The van der Waals surface area contributed by atoms with Crippen molar-refractivity contribution in [1.29, 1.82) is 0 Å². The number of urea groups is 1. The minimum absolute atomic E-state index is 0.0425. The molecule has 8 atom stereocenters. The van der Waals surface area contributed by atoms with Crippen molar-refractivity contribution < 1.29 is 62.0 Å². The molecular weight excluding hydrogens is 764 g/mol. The van der Waals surface area contributed by atoms with Crippen LogP contribution >= 0.6 is 27.4 Å². The predicted molar refractivity (Wildman–Crippen MR) is 187 cm³/mol. The van der Waals surface area contributed by atoms with Crippen LogP contribution in [0.5, 0.6) is 0 Å². The van der Waals surface area contributed by atoms with E-state index in [-0.39, 0.29) is 53.5 Å². The van der Waals surface area contributed by atoms with E-state index in [1.807, 2.05) is 11.8 Å². The lowest BCUT2D eigenvalue weighted by Gasteiger charge is -2.17. The first-order valence-corrected chi connectivity index (χ1v) is 21.2. The fourth-order valence-corrected chi connectivity index (χ4v) is 9.38. The number of nitrogens with one attached hydrogen (secondary N) is 5. The molecule has 0 saturated carbocycles. The Hall–Kier alpha value is -2.95. The van der Waals surface area contributed by atoms with Crippen LogP contribution in [0.2, 0.25) is 0 Å². The Labute approximate surface area is 307 Å². The average Bonchev–Trinajstić information content (AvgIpc) is 3.85. The third kappa shape index (κ3) is 11.8. The molecule has 3 aliphatic heterocycles. The Morgan fingerprint density at radius 3 is 2.45 bits per heavy atom. The van der Waals surface area contributed by atoms with Gasteiger partial charge in [0.15, 0.2) is 23.2 Å². The van der Waals surface area contributed by atoms with E-state index >= 15 is 0 Å². The van der Waals surface area contributed by atoms with E-state index in [2.05, 4.69) is 50.4 Å². The molecule has 0 bridgehead atoms. The summed E-state index contributed by atoms with van der Waals surface area (Å²) in [7, 11) is -10.6. The summed E-state index contributed by atoms with van der Waals surface area (Å²) in [6, 6.07) is 0.308. The van der Waals surface area contributed by atoms with E-state index in [1.54, 1.807) is 0 Å². The van der Waals surface area contributed by atoms with Gasteiger partial charge in [0.05, 0.1) is 31.6 Å². The lowest BCUT2D eigenvalue weighted by Crippen LogP contribution is -2.36. The largest absolute Gasteiger partial charge is 0.481 e. The van der Waals surface area contributed by atoms with Gasteiger partial charge in [-0.15, -0.1) is 0 Å². The van der Waals surface area contributed by atoms with Gasteiger partial charge >= 0.3 is 21.7 Å². The highest BCUT2D eigenvalue weighted by Gasteiger charge is 2.46. The molecule has 10 N–H and O–H groups in total. The number of hydrogen-bond donors (Lipinski definition) is 10. The van der Waals surface area contributed by atoms with E-state index in [1.165, 1.54) is 17.2 Å². The van der Waals surface area contributed by atoms with E-state index in [0.29, 0.717) is 24.8 Å². The number of aliphatic hydroxyl groups excluding tert-OH is 2. The minimum Gasteiger partial charge on any atom is -0.387 e. The number of aliphatic hydroxyl groups is 2. The number of unbranched alkanes of at least 4 members (excludes halogenated alkanes) is 4. The van der Waals surface area contributed by atoms with Crippen molar-refractivity contribution in [3.05, 3.63) is 12.7 Å². The van der Waals surface area contributed by atoms with Gasteiger partial charge in [-0.2, -0.15) is 16.1 Å². The highest BCUT2D eigenvalue weighted by molar-refractivity contribution is 8.00. The summed E-state index contributed by atoms with van der Waals surface area (Å²) < 4.78 is 37.7. The number of carbonyl (C=O) groups is 3. The second-order valence-electron chi connectivity index (χ2n) is 12.8. The molecule has 4 amide bonds. The minimum atomic E-state index is -5.36. The number of aromatic nitrogens is 4. The third-order valence-electron chi connectivity index (χ3n) is 8.83. The standard InChI is InChI=1S/C28H45N9O13P2S/c38-19(8-4-3-7-18-21-16(13-53-18)35-28(42)36-21)29-9-5-1-2-6-10-30-20(39)11-31-25-22-26(33-14-32-25)37(15-34-22)27-24(41)23(40)17(49-27)12-48-52(46,47)50-51(43,44)45/h14-18,21,23-24,27,40-41H,1-13H2,(H,29,38)(H,30,39)(H,46,47)(H,31,32,33)(H2,35,36,42)(H2,43,44,45). The molecule has 2 aromatic heterocycles. The molecule has 0 aliphatic carbocycles. The summed E-state index contributed by atoms with van der Waals surface area (Å²) in [5, 5.41) is 36.0. The van der Waals surface area contributed by atoms with Gasteiger partial charge in [0.1, 0.15) is 24.6 Å². The van der Waals surface area contributed by atoms with Crippen LogP contribution in [0, 0.1) is 0 Å². The van der Waals surface area contributed by atoms with Crippen molar-refractivity contribution in [3.63, 3.8) is 0 Å². The molecule has 25 heteroatoms. The van der Waals surface area contributed by atoms with Crippen molar-refractivity contribution in [2.24, 2.45) is 0 Å². The van der Waals surface area contributed by atoms with Crippen molar-refractivity contribution >= 4 is 62.2 Å².